The molecular weight excluding hydrogens is 363 g/mol. The van der Waals surface area contributed by atoms with Gasteiger partial charge in [-0.1, -0.05) is 28.1 Å². The Kier molecular flexibility index (Phi) is 5.65. The molecule has 2 aromatic carbocycles. The molecular formula is C17H14BrFN2O2. The fourth-order valence-corrected chi connectivity index (χ4v) is 2.15. The fraction of sp³-hybridized carbons (Fsp3) is 0.0588. The first-order valence-corrected chi connectivity index (χ1v) is 7.55. The van der Waals surface area contributed by atoms with Crippen molar-refractivity contribution >= 4 is 45.2 Å². The van der Waals surface area contributed by atoms with Crippen LogP contribution in [0.2, 0.25) is 0 Å². The molecule has 2 amide bonds. The molecule has 0 bridgehead atoms. The number of hydrogen-bond donors (Lipinski definition) is 2. The summed E-state index contributed by atoms with van der Waals surface area (Å²) in [5.41, 5.74) is 1.57. The first-order chi connectivity index (χ1) is 10.9. The smallest absolute Gasteiger partial charge is 0.248 e. The van der Waals surface area contributed by atoms with E-state index in [-0.39, 0.29) is 11.6 Å². The molecule has 0 aromatic heterocycles. The molecule has 0 saturated heterocycles. The van der Waals surface area contributed by atoms with Crippen LogP contribution in [0.3, 0.4) is 0 Å². The van der Waals surface area contributed by atoms with Gasteiger partial charge in [0.2, 0.25) is 11.8 Å². The van der Waals surface area contributed by atoms with Crippen molar-refractivity contribution in [3.8, 4) is 0 Å². The van der Waals surface area contributed by atoms with Crippen molar-refractivity contribution in [2.24, 2.45) is 0 Å². The first kappa shape index (κ1) is 16.9. The van der Waals surface area contributed by atoms with Gasteiger partial charge in [0.15, 0.2) is 0 Å². The van der Waals surface area contributed by atoms with Gasteiger partial charge in [-0.15, -0.1) is 0 Å². The number of anilines is 2. The van der Waals surface area contributed by atoms with E-state index in [0.29, 0.717) is 10.2 Å². The van der Waals surface area contributed by atoms with Gasteiger partial charge in [0, 0.05) is 23.2 Å². The van der Waals surface area contributed by atoms with Crippen LogP contribution >= 0.6 is 15.9 Å². The average molecular weight is 377 g/mol. The molecule has 2 aromatic rings. The Bertz CT molecular complexity index is 758. The minimum atomic E-state index is -0.513. The van der Waals surface area contributed by atoms with E-state index in [1.807, 2.05) is 0 Å². The fourth-order valence-electron chi connectivity index (χ4n) is 1.82. The lowest BCUT2D eigenvalue weighted by atomic mass is 10.2. The highest BCUT2D eigenvalue weighted by Crippen LogP contribution is 2.19. The van der Waals surface area contributed by atoms with Crippen molar-refractivity contribution in [3.63, 3.8) is 0 Å². The summed E-state index contributed by atoms with van der Waals surface area (Å²) < 4.78 is 14.2. The molecule has 6 heteroatoms. The van der Waals surface area contributed by atoms with Gasteiger partial charge in [-0.05, 0) is 42.0 Å². The van der Waals surface area contributed by atoms with Crippen LogP contribution < -0.4 is 10.6 Å². The van der Waals surface area contributed by atoms with Gasteiger partial charge in [-0.2, -0.15) is 0 Å². The third kappa shape index (κ3) is 5.34. The molecule has 0 aliphatic heterocycles. The van der Waals surface area contributed by atoms with Gasteiger partial charge in [-0.3, -0.25) is 9.59 Å². The van der Waals surface area contributed by atoms with Crippen molar-refractivity contribution in [1.82, 2.24) is 0 Å². The van der Waals surface area contributed by atoms with Gasteiger partial charge < -0.3 is 10.6 Å². The number of carbonyl (C=O) groups excluding carboxylic acids is 2. The first-order valence-electron chi connectivity index (χ1n) is 6.76. The summed E-state index contributed by atoms with van der Waals surface area (Å²) in [6.45, 7) is 1.43. The minimum Gasteiger partial charge on any atom is -0.326 e. The zero-order valence-electron chi connectivity index (χ0n) is 12.3. The van der Waals surface area contributed by atoms with Crippen LogP contribution in [0.4, 0.5) is 15.8 Å². The van der Waals surface area contributed by atoms with Crippen LogP contribution in [0.5, 0.6) is 0 Å². The van der Waals surface area contributed by atoms with Gasteiger partial charge >= 0.3 is 0 Å². The second-order valence-electron chi connectivity index (χ2n) is 4.75. The highest BCUT2D eigenvalue weighted by Gasteiger charge is 2.05. The van der Waals surface area contributed by atoms with Crippen LogP contribution in [-0.2, 0) is 9.59 Å². The third-order valence-electron chi connectivity index (χ3n) is 2.85. The van der Waals surface area contributed by atoms with E-state index in [1.54, 1.807) is 36.4 Å². The molecule has 0 aliphatic carbocycles. The molecule has 0 saturated carbocycles. The van der Waals surface area contributed by atoms with E-state index >= 15 is 0 Å². The maximum atomic E-state index is 13.6. The number of carbonyl (C=O) groups is 2. The van der Waals surface area contributed by atoms with Crippen LogP contribution in [0, 0.1) is 5.82 Å². The number of benzene rings is 2. The Morgan fingerprint density at radius 2 is 1.78 bits per heavy atom. The molecule has 0 fully saturated rings. The Labute approximate surface area is 141 Å². The van der Waals surface area contributed by atoms with Crippen molar-refractivity contribution in [2.45, 2.75) is 6.92 Å². The lowest BCUT2D eigenvalue weighted by molar-refractivity contribution is -0.114. The zero-order chi connectivity index (χ0) is 16.8. The van der Waals surface area contributed by atoms with E-state index in [2.05, 4.69) is 26.6 Å². The van der Waals surface area contributed by atoms with Crippen molar-refractivity contribution < 1.29 is 14.0 Å². The zero-order valence-corrected chi connectivity index (χ0v) is 13.9. The molecule has 4 nitrogen and oxygen atoms in total. The van der Waals surface area contributed by atoms with Gasteiger partial charge in [0.25, 0.3) is 0 Å². The molecule has 0 heterocycles. The van der Waals surface area contributed by atoms with Crippen LogP contribution in [0.1, 0.15) is 12.5 Å². The Hall–Kier alpha value is -2.47. The Balaban J connectivity index is 1.99. The quantitative estimate of drug-likeness (QED) is 0.785. The SMILES string of the molecule is CC(=O)Nc1ccc(C=CC(=O)Nc2ccc(Br)cc2F)cc1. The average Bonchev–Trinajstić information content (AvgIpc) is 2.49. The maximum absolute atomic E-state index is 13.6. The summed E-state index contributed by atoms with van der Waals surface area (Å²) in [5, 5.41) is 5.12. The Morgan fingerprint density at radius 1 is 1.09 bits per heavy atom. The monoisotopic (exact) mass is 376 g/mol. The van der Waals surface area contributed by atoms with Crippen molar-refractivity contribution in [3.05, 3.63) is 64.4 Å². The normalized spacial score (nSPS) is 10.6. The van der Waals surface area contributed by atoms with Crippen molar-refractivity contribution in [1.29, 1.82) is 0 Å². The maximum Gasteiger partial charge on any atom is 0.248 e. The second-order valence-corrected chi connectivity index (χ2v) is 5.67. The van der Waals surface area contributed by atoms with E-state index in [0.717, 1.165) is 5.56 Å². The number of amides is 2. The molecule has 0 radical (unpaired) electrons. The molecule has 2 rings (SSSR count). The molecule has 2 N–H and O–H groups in total. The molecule has 0 spiro atoms. The molecule has 118 valence electrons. The summed E-state index contributed by atoms with van der Waals surface area (Å²) >= 11 is 3.15. The topological polar surface area (TPSA) is 58.2 Å². The number of hydrogen-bond acceptors (Lipinski definition) is 2. The summed E-state index contributed by atoms with van der Waals surface area (Å²) in [6, 6.07) is 11.4. The largest absolute Gasteiger partial charge is 0.326 e. The van der Waals surface area contributed by atoms with E-state index in [9.17, 15) is 14.0 Å². The molecule has 23 heavy (non-hydrogen) atoms. The van der Waals surface area contributed by atoms with Gasteiger partial charge in [0.1, 0.15) is 5.82 Å². The second kappa shape index (κ2) is 7.69. The van der Waals surface area contributed by atoms with E-state index in [4.69, 9.17) is 0 Å². The summed E-state index contributed by atoms with van der Waals surface area (Å²) in [7, 11) is 0. The molecule has 0 atom stereocenters. The van der Waals surface area contributed by atoms with E-state index in [1.165, 1.54) is 25.1 Å². The van der Waals surface area contributed by atoms with E-state index < -0.39 is 11.7 Å². The van der Waals surface area contributed by atoms with Crippen LogP contribution in [-0.4, -0.2) is 11.8 Å². The van der Waals surface area contributed by atoms with Crippen LogP contribution in [0.15, 0.2) is 53.0 Å². The summed E-state index contributed by atoms with van der Waals surface area (Å²) in [6.07, 6.45) is 2.92. The van der Waals surface area contributed by atoms with Crippen LogP contribution in [0.25, 0.3) is 6.08 Å². The van der Waals surface area contributed by atoms with Gasteiger partial charge in [0.05, 0.1) is 5.69 Å². The lowest BCUT2D eigenvalue weighted by Crippen LogP contribution is -2.09. The number of rotatable bonds is 4. The number of halogens is 2. The summed E-state index contributed by atoms with van der Waals surface area (Å²) in [5.74, 6) is -1.10. The highest BCUT2D eigenvalue weighted by atomic mass is 79.9. The lowest BCUT2D eigenvalue weighted by Gasteiger charge is -2.04. The predicted octanol–water partition coefficient (Wildman–Crippen LogP) is 4.20. The Morgan fingerprint density at radius 3 is 2.39 bits per heavy atom. The van der Waals surface area contributed by atoms with Gasteiger partial charge in [-0.25, -0.2) is 4.39 Å². The molecule has 0 unspecified atom stereocenters. The summed E-state index contributed by atoms with van der Waals surface area (Å²) in [4.78, 5) is 22.7. The third-order valence-corrected chi connectivity index (χ3v) is 3.34. The minimum absolute atomic E-state index is 0.115. The molecule has 0 aliphatic rings. The highest BCUT2D eigenvalue weighted by molar-refractivity contribution is 9.10. The predicted molar refractivity (Wildman–Crippen MR) is 92.5 cm³/mol. The van der Waals surface area contributed by atoms with Crippen molar-refractivity contribution in [2.75, 3.05) is 10.6 Å². The number of nitrogens with one attached hydrogen (secondary N) is 2. The standard InChI is InChI=1S/C17H14BrFN2O2/c1-11(22)20-14-6-2-12(3-7-14)4-9-17(23)21-16-8-5-13(18)10-15(16)19/h2-10H,1H3,(H,20,22)(H,21,23).